The maximum Gasteiger partial charge on any atom is 0.407 e. The van der Waals surface area contributed by atoms with Crippen molar-refractivity contribution in [2.45, 2.75) is 43.7 Å². The van der Waals surface area contributed by atoms with E-state index in [0.29, 0.717) is 12.8 Å². The van der Waals surface area contributed by atoms with Gasteiger partial charge in [-0.05, 0) is 47.9 Å². The molecule has 2 aromatic rings. The van der Waals surface area contributed by atoms with E-state index in [1.807, 2.05) is 29.2 Å². The van der Waals surface area contributed by atoms with E-state index in [-0.39, 0.29) is 56.2 Å². The van der Waals surface area contributed by atoms with Crippen LogP contribution in [0.2, 0.25) is 0 Å². The van der Waals surface area contributed by atoms with Crippen LogP contribution in [0.15, 0.2) is 48.5 Å². The van der Waals surface area contributed by atoms with Gasteiger partial charge in [-0.3, -0.25) is 9.59 Å². The molecule has 184 valence electrons. The number of fused-ring (bicyclic) bond motifs is 5. The lowest BCUT2D eigenvalue weighted by Gasteiger charge is -2.37. The van der Waals surface area contributed by atoms with Crippen molar-refractivity contribution in [2.75, 3.05) is 26.4 Å². The molecule has 2 amide bonds. The van der Waals surface area contributed by atoms with Gasteiger partial charge in [0.1, 0.15) is 13.2 Å². The predicted octanol–water partition coefficient (Wildman–Crippen LogP) is 3.40. The van der Waals surface area contributed by atoms with Crippen LogP contribution in [0.4, 0.5) is 4.79 Å². The van der Waals surface area contributed by atoms with Crippen molar-refractivity contribution >= 4 is 18.0 Å². The number of carbonyl (C=O) groups is 3. The Morgan fingerprint density at radius 2 is 1.54 bits per heavy atom. The molecule has 3 aliphatic rings. The number of rotatable bonds is 8. The fourth-order valence-corrected chi connectivity index (χ4v) is 5.89. The summed E-state index contributed by atoms with van der Waals surface area (Å²) in [5.74, 6) is -1.24. The molecule has 2 saturated heterocycles. The summed E-state index contributed by atoms with van der Waals surface area (Å²) < 4.78 is 11.0. The number of aliphatic carboxylic acids is 1. The van der Waals surface area contributed by atoms with Crippen LogP contribution in [0.5, 0.6) is 0 Å². The minimum absolute atomic E-state index is 0.00246. The van der Waals surface area contributed by atoms with Gasteiger partial charge in [0.05, 0.1) is 12.5 Å². The van der Waals surface area contributed by atoms with Gasteiger partial charge in [0.2, 0.25) is 5.91 Å². The molecule has 1 aliphatic carbocycles. The standard InChI is InChI=1S/C27H30N2O6/c30-25(29-18-9-10-19(29)14-17(13-18)26(31)32)16-34-12-11-28-27(33)35-15-24-22-7-3-1-5-20(22)21-6-2-4-8-23(21)24/h1-8,17-19,24H,9-16H2,(H,28,33)(H,31,32). The summed E-state index contributed by atoms with van der Waals surface area (Å²) in [6, 6.07) is 16.3. The Morgan fingerprint density at radius 1 is 0.943 bits per heavy atom. The molecule has 0 aromatic heterocycles. The number of benzene rings is 2. The van der Waals surface area contributed by atoms with Crippen molar-refractivity contribution in [1.29, 1.82) is 0 Å². The number of alkyl carbamates (subject to hydrolysis) is 1. The number of piperidine rings is 1. The molecule has 2 aromatic carbocycles. The third-order valence-electron chi connectivity index (χ3n) is 7.46. The number of carboxylic acids is 1. The largest absolute Gasteiger partial charge is 0.481 e. The lowest BCUT2D eigenvalue weighted by atomic mass is 9.91. The van der Waals surface area contributed by atoms with Crippen molar-refractivity contribution in [2.24, 2.45) is 5.92 Å². The molecule has 8 heteroatoms. The van der Waals surface area contributed by atoms with Gasteiger partial charge in [-0.25, -0.2) is 4.79 Å². The zero-order valence-electron chi connectivity index (χ0n) is 19.5. The average Bonchev–Trinajstić information content (AvgIpc) is 3.32. The molecule has 2 fully saturated rings. The smallest absolute Gasteiger partial charge is 0.407 e. The summed E-state index contributed by atoms with van der Waals surface area (Å²) in [5.41, 5.74) is 4.67. The highest BCUT2D eigenvalue weighted by molar-refractivity contribution is 5.80. The Hall–Kier alpha value is -3.39. The van der Waals surface area contributed by atoms with Crippen molar-refractivity contribution in [3.05, 3.63) is 59.7 Å². The zero-order valence-corrected chi connectivity index (χ0v) is 19.5. The number of carboxylic acid groups (broad SMARTS) is 1. The van der Waals surface area contributed by atoms with Gasteiger partial charge >= 0.3 is 12.1 Å². The van der Waals surface area contributed by atoms with Crippen molar-refractivity contribution in [3.8, 4) is 11.1 Å². The van der Waals surface area contributed by atoms with E-state index in [9.17, 15) is 19.5 Å². The molecule has 2 N–H and O–H groups in total. The second-order valence-electron chi connectivity index (χ2n) is 9.50. The van der Waals surface area contributed by atoms with E-state index < -0.39 is 12.1 Å². The molecule has 2 aliphatic heterocycles. The van der Waals surface area contributed by atoms with E-state index >= 15 is 0 Å². The summed E-state index contributed by atoms with van der Waals surface area (Å²) in [5, 5.41) is 12.0. The van der Waals surface area contributed by atoms with Gasteiger partial charge in [-0.15, -0.1) is 0 Å². The number of nitrogens with one attached hydrogen (secondary N) is 1. The molecule has 2 atom stereocenters. The fraction of sp³-hybridized carbons (Fsp3) is 0.444. The SMILES string of the molecule is O=C(NCCOCC(=O)N1C2CCC1CC(C(=O)O)C2)OCC1c2ccccc2-c2ccccc21. The molecular weight excluding hydrogens is 448 g/mol. The van der Waals surface area contributed by atoms with Gasteiger partial charge in [0.15, 0.2) is 0 Å². The summed E-state index contributed by atoms with van der Waals surface area (Å²) in [4.78, 5) is 38.0. The second kappa shape index (κ2) is 10.1. The number of nitrogens with zero attached hydrogens (tertiary/aromatic N) is 1. The first-order chi connectivity index (χ1) is 17.0. The van der Waals surface area contributed by atoms with Crippen LogP contribution in [0.3, 0.4) is 0 Å². The first-order valence-corrected chi connectivity index (χ1v) is 12.2. The molecule has 2 bridgehead atoms. The quantitative estimate of drug-likeness (QED) is 0.564. The Kier molecular flexibility index (Phi) is 6.72. The highest BCUT2D eigenvalue weighted by Crippen LogP contribution is 2.44. The van der Waals surface area contributed by atoms with E-state index in [1.54, 1.807) is 0 Å². The number of hydrogen-bond donors (Lipinski definition) is 2. The van der Waals surface area contributed by atoms with E-state index in [4.69, 9.17) is 9.47 Å². The number of ether oxygens (including phenoxy) is 2. The molecule has 8 nitrogen and oxygen atoms in total. The topological polar surface area (TPSA) is 105 Å². The third kappa shape index (κ3) is 4.75. The average molecular weight is 479 g/mol. The fourth-order valence-electron chi connectivity index (χ4n) is 5.89. The van der Waals surface area contributed by atoms with Crippen molar-refractivity contribution in [1.82, 2.24) is 10.2 Å². The van der Waals surface area contributed by atoms with E-state index in [0.717, 1.165) is 24.0 Å². The Morgan fingerprint density at radius 3 is 2.14 bits per heavy atom. The second-order valence-corrected chi connectivity index (χ2v) is 9.50. The normalized spacial score (nSPS) is 22.4. The molecule has 5 rings (SSSR count). The Labute approximate surface area is 204 Å². The molecule has 2 heterocycles. The van der Waals surface area contributed by atoms with Crippen molar-refractivity contribution in [3.63, 3.8) is 0 Å². The number of hydrogen-bond acceptors (Lipinski definition) is 5. The lowest BCUT2D eigenvalue weighted by molar-refractivity contribution is -0.150. The molecule has 0 spiro atoms. The van der Waals surface area contributed by atoms with Gasteiger partial charge in [0.25, 0.3) is 0 Å². The molecule has 0 radical (unpaired) electrons. The molecule has 0 saturated carbocycles. The molecule has 35 heavy (non-hydrogen) atoms. The maximum atomic E-state index is 12.6. The lowest BCUT2D eigenvalue weighted by Crippen LogP contribution is -2.49. The summed E-state index contributed by atoms with van der Waals surface area (Å²) in [6.45, 7) is 0.597. The third-order valence-corrected chi connectivity index (χ3v) is 7.46. The summed E-state index contributed by atoms with van der Waals surface area (Å²) in [6.07, 6.45) is 2.21. The van der Waals surface area contributed by atoms with Gasteiger partial charge in [-0.2, -0.15) is 0 Å². The van der Waals surface area contributed by atoms with E-state index in [2.05, 4.69) is 29.6 Å². The minimum atomic E-state index is -0.774. The van der Waals surface area contributed by atoms with Gasteiger partial charge < -0.3 is 24.8 Å². The van der Waals surface area contributed by atoms with Crippen LogP contribution in [-0.4, -0.2) is 66.4 Å². The van der Waals surface area contributed by atoms with E-state index in [1.165, 1.54) is 11.1 Å². The summed E-state index contributed by atoms with van der Waals surface area (Å²) >= 11 is 0. The Bertz CT molecular complexity index is 1060. The first-order valence-electron chi connectivity index (χ1n) is 12.2. The van der Waals surface area contributed by atoms with Crippen LogP contribution < -0.4 is 5.32 Å². The van der Waals surface area contributed by atoms with Crippen LogP contribution in [0, 0.1) is 5.92 Å². The Balaban J connectivity index is 1.03. The molecular formula is C27H30N2O6. The highest BCUT2D eigenvalue weighted by Gasteiger charge is 2.45. The van der Waals surface area contributed by atoms with Gasteiger partial charge in [0, 0.05) is 24.5 Å². The zero-order chi connectivity index (χ0) is 24.4. The first kappa shape index (κ1) is 23.4. The van der Waals surface area contributed by atoms with Crippen LogP contribution in [-0.2, 0) is 19.1 Å². The van der Waals surface area contributed by atoms with Crippen molar-refractivity contribution < 1.29 is 29.0 Å². The number of amides is 2. The van der Waals surface area contributed by atoms with Crippen LogP contribution >= 0.6 is 0 Å². The monoisotopic (exact) mass is 478 g/mol. The minimum Gasteiger partial charge on any atom is -0.481 e. The highest BCUT2D eigenvalue weighted by atomic mass is 16.5. The van der Waals surface area contributed by atoms with Crippen LogP contribution in [0.1, 0.15) is 42.7 Å². The number of carbonyl (C=O) groups excluding carboxylic acids is 2. The van der Waals surface area contributed by atoms with Gasteiger partial charge in [-0.1, -0.05) is 48.5 Å². The molecule has 2 unspecified atom stereocenters. The van der Waals surface area contributed by atoms with Crippen LogP contribution in [0.25, 0.3) is 11.1 Å². The summed E-state index contributed by atoms with van der Waals surface area (Å²) in [7, 11) is 0. The predicted molar refractivity (Wildman–Crippen MR) is 128 cm³/mol. The maximum absolute atomic E-state index is 12.6.